The van der Waals surface area contributed by atoms with E-state index in [0.717, 1.165) is 19.3 Å². The van der Waals surface area contributed by atoms with Crippen molar-refractivity contribution in [1.29, 1.82) is 0 Å². The monoisotopic (exact) mass is 255 g/mol. The number of hydrogen-bond donors (Lipinski definition) is 3. The molecule has 1 saturated carbocycles. The van der Waals surface area contributed by atoms with Gasteiger partial charge in [-0.2, -0.15) is 0 Å². The summed E-state index contributed by atoms with van der Waals surface area (Å²) in [4.78, 5) is 12.3. The molecule has 1 aliphatic heterocycles. The van der Waals surface area contributed by atoms with E-state index in [4.69, 9.17) is 15.7 Å². The molecule has 2 aliphatic rings. The van der Waals surface area contributed by atoms with Gasteiger partial charge in [0, 0.05) is 12.6 Å². The largest absolute Gasteiger partial charge is 0.409 e. The lowest BCUT2D eigenvalue weighted by atomic mass is 9.67. The van der Waals surface area contributed by atoms with E-state index >= 15 is 0 Å². The molecule has 1 aliphatic carbocycles. The summed E-state index contributed by atoms with van der Waals surface area (Å²) in [6, 6.07) is 0.130. The molecule has 6 nitrogen and oxygen atoms in total. The van der Waals surface area contributed by atoms with Crippen LogP contribution >= 0.6 is 0 Å². The Labute approximate surface area is 107 Å². The number of nitrogens with two attached hydrogens (primary N) is 1. The van der Waals surface area contributed by atoms with Crippen LogP contribution in [0.25, 0.3) is 0 Å². The smallest absolute Gasteiger partial charge is 0.234 e. The molecule has 2 atom stereocenters. The zero-order valence-electron chi connectivity index (χ0n) is 10.7. The van der Waals surface area contributed by atoms with Gasteiger partial charge < -0.3 is 21.0 Å². The molecule has 102 valence electrons. The maximum atomic E-state index is 12.3. The van der Waals surface area contributed by atoms with E-state index in [2.05, 4.69) is 10.5 Å². The SMILES string of the molecule is CC1CC(NC(=O)C2(C(N)=NO)CCC2)CCO1. The molecular weight excluding hydrogens is 234 g/mol. The van der Waals surface area contributed by atoms with Gasteiger partial charge in [0.25, 0.3) is 0 Å². The Morgan fingerprint density at radius 3 is 2.78 bits per heavy atom. The normalized spacial score (nSPS) is 31.5. The fraction of sp³-hybridized carbons (Fsp3) is 0.833. The van der Waals surface area contributed by atoms with Gasteiger partial charge in [-0.3, -0.25) is 4.79 Å². The molecule has 0 aromatic rings. The van der Waals surface area contributed by atoms with E-state index < -0.39 is 5.41 Å². The molecule has 1 saturated heterocycles. The van der Waals surface area contributed by atoms with E-state index in [-0.39, 0.29) is 23.9 Å². The number of oxime groups is 1. The van der Waals surface area contributed by atoms with Crippen LogP contribution in [0.3, 0.4) is 0 Å². The van der Waals surface area contributed by atoms with Gasteiger partial charge in [0.2, 0.25) is 5.91 Å². The van der Waals surface area contributed by atoms with Gasteiger partial charge in [0.1, 0.15) is 5.41 Å². The molecule has 4 N–H and O–H groups in total. The molecule has 6 heteroatoms. The van der Waals surface area contributed by atoms with Crippen LogP contribution in [0.5, 0.6) is 0 Å². The first-order valence-electron chi connectivity index (χ1n) is 6.49. The first kappa shape index (κ1) is 13.1. The molecule has 2 fully saturated rings. The van der Waals surface area contributed by atoms with Crippen LogP contribution in [0.2, 0.25) is 0 Å². The average molecular weight is 255 g/mol. The summed E-state index contributed by atoms with van der Waals surface area (Å²) in [6.07, 6.45) is 4.07. The van der Waals surface area contributed by atoms with Crippen LogP contribution in [0.15, 0.2) is 5.16 Å². The fourth-order valence-electron chi connectivity index (χ4n) is 2.68. The van der Waals surface area contributed by atoms with Gasteiger partial charge in [0.05, 0.1) is 6.10 Å². The predicted octanol–water partition coefficient (Wildman–Crippen LogP) is 0.587. The second-order valence-corrected chi connectivity index (χ2v) is 5.30. The second kappa shape index (κ2) is 5.14. The second-order valence-electron chi connectivity index (χ2n) is 5.30. The summed E-state index contributed by atoms with van der Waals surface area (Å²) in [7, 11) is 0. The number of carbonyl (C=O) groups excluding carboxylic acids is 1. The minimum absolute atomic E-state index is 0.0337. The molecule has 0 aromatic heterocycles. The van der Waals surface area contributed by atoms with Crippen molar-refractivity contribution >= 4 is 11.7 Å². The zero-order valence-corrected chi connectivity index (χ0v) is 10.7. The maximum Gasteiger partial charge on any atom is 0.234 e. The molecule has 1 amide bonds. The minimum atomic E-state index is -0.781. The molecular formula is C12H21N3O3. The summed E-state index contributed by atoms with van der Waals surface area (Å²) < 4.78 is 5.44. The van der Waals surface area contributed by atoms with E-state index in [1.54, 1.807) is 0 Å². The number of amidine groups is 1. The Kier molecular flexibility index (Phi) is 3.75. The van der Waals surface area contributed by atoms with Crippen molar-refractivity contribution in [1.82, 2.24) is 5.32 Å². The van der Waals surface area contributed by atoms with Crippen LogP contribution in [-0.2, 0) is 9.53 Å². The third kappa shape index (κ3) is 2.29. The highest BCUT2D eigenvalue weighted by atomic mass is 16.5. The Morgan fingerprint density at radius 2 is 2.28 bits per heavy atom. The number of nitrogens with one attached hydrogen (secondary N) is 1. The Morgan fingerprint density at radius 1 is 1.56 bits per heavy atom. The standard InChI is InChI=1S/C12H21N3O3/c1-8-7-9(3-6-18-8)14-11(16)12(4-2-5-12)10(13)15-17/h8-9,17H,2-7H2,1H3,(H2,13,15)(H,14,16). The quantitative estimate of drug-likeness (QED) is 0.297. The summed E-state index contributed by atoms with van der Waals surface area (Å²) in [5.41, 5.74) is 4.88. The molecule has 0 aromatic carbocycles. The van der Waals surface area contributed by atoms with Gasteiger partial charge in [-0.15, -0.1) is 0 Å². The van der Waals surface area contributed by atoms with Crippen LogP contribution in [0, 0.1) is 5.41 Å². The van der Waals surface area contributed by atoms with Crippen molar-refractivity contribution in [3.05, 3.63) is 0 Å². The molecule has 1 heterocycles. The number of rotatable bonds is 3. The summed E-state index contributed by atoms with van der Waals surface area (Å²) in [6.45, 7) is 2.67. The summed E-state index contributed by atoms with van der Waals surface area (Å²) >= 11 is 0. The highest BCUT2D eigenvalue weighted by molar-refractivity contribution is 6.07. The van der Waals surface area contributed by atoms with Gasteiger partial charge in [0.15, 0.2) is 5.84 Å². The first-order chi connectivity index (χ1) is 8.58. The number of nitrogens with zero attached hydrogens (tertiary/aromatic N) is 1. The van der Waals surface area contributed by atoms with Gasteiger partial charge in [-0.25, -0.2) is 0 Å². The van der Waals surface area contributed by atoms with Crippen molar-refractivity contribution in [2.24, 2.45) is 16.3 Å². The Bertz CT molecular complexity index is 352. The number of carbonyl (C=O) groups is 1. The average Bonchev–Trinajstić information content (AvgIpc) is 2.27. The van der Waals surface area contributed by atoms with E-state index in [1.165, 1.54) is 0 Å². The topological polar surface area (TPSA) is 96.9 Å². The van der Waals surface area contributed by atoms with Gasteiger partial charge in [-0.1, -0.05) is 11.6 Å². The van der Waals surface area contributed by atoms with Crippen molar-refractivity contribution < 1.29 is 14.7 Å². The Hall–Kier alpha value is -1.30. The first-order valence-corrected chi connectivity index (χ1v) is 6.49. The number of ether oxygens (including phenoxy) is 1. The molecule has 0 spiro atoms. The summed E-state index contributed by atoms with van der Waals surface area (Å²) in [5.74, 6) is -0.0745. The molecule has 0 radical (unpaired) electrons. The minimum Gasteiger partial charge on any atom is -0.409 e. The zero-order chi connectivity index (χ0) is 13.2. The van der Waals surface area contributed by atoms with Crippen molar-refractivity contribution in [2.45, 2.75) is 51.2 Å². The maximum absolute atomic E-state index is 12.3. The third-order valence-electron chi connectivity index (χ3n) is 4.06. The van der Waals surface area contributed by atoms with Crippen molar-refractivity contribution in [3.63, 3.8) is 0 Å². The highest BCUT2D eigenvalue weighted by Gasteiger charge is 2.48. The summed E-state index contributed by atoms with van der Waals surface area (Å²) in [5, 5.41) is 14.8. The highest BCUT2D eigenvalue weighted by Crippen LogP contribution is 2.41. The van der Waals surface area contributed by atoms with E-state index in [0.29, 0.717) is 19.4 Å². The fourth-order valence-corrected chi connectivity index (χ4v) is 2.68. The van der Waals surface area contributed by atoms with Crippen LogP contribution in [0.4, 0.5) is 0 Å². The number of amides is 1. The van der Waals surface area contributed by atoms with Crippen molar-refractivity contribution in [2.75, 3.05) is 6.61 Å². The van der Waals surface area contributed by atoms with Gasteiger partial charge >= 0.3 is 0 Å². The molecule has 0 bridgehead atoms. The lowest BCUT2D eigenvalue weighted by Gasteiger charge is -2.40. The van der Waals surface area contributed by atoms with Crippen LogP contribution in [0.1, 0.15) is 39.0 Å². The Balaban J connectivity index is 1.98. The predicted molar refractivity (Wildman–Crippen MR) is 66.3 cm³/mol. The van der Waals surface area contributed by atoms with Crippen molar-refractivity contribution in [3.8, 4) is 0 Å². The van der Waals surface area contributed by atoms with Gasteiger partial charge in [-0.05, 0) is 32.6 Å². The lowest BCUT2D eigenvalue weighted by molar-refractivity contribution is -0.132. The molecule has 2 unspecified atom stereocenters. The lowest BCUT2D eigenvalue weighted by Crippen LogP contribution is -2.56. The van der Waals surface area contributed by atoms with E-state index in [1.807, 2.05) is 6.92 Å². The van der Waals surface area contributed by atoms with Crippen LogP contribution < -0.4 is 11.1 Å². The molecule has 18 heavy (non-hydrogen) atoms. The van der Waals surface area contributed by atoms with E-state index in [9.17, 15) is 4.79 Å². The number of hydrogen-bond acceptors (Lipinski definition) is 4. The molecule has 2 rings (SSSR count). The van der Waals surface area contributed by atoms with Crippen LogP contribution in [-0.4, -0.2) is 35.7 Å². The third-order valence-corrected chi connectivity index (χ3v) is 4.06.